The molecule has 20 heavy (non-hydrogen) atoms. The Morgan fingerprint density at radius 1 is 1.30 bits per heavy atom. The number of carbonyl (C=O) groups excluding carboxylic acids is 2. The molecule has 1 aromatic carbocycles. The van der Waals surface area contributed by atoms with Crippen molar-refractivity contribution < 1.29 is 19.1 Å². The van der Waals surface area contributed by atoms with Crippen molar-refractivity contribution in [3.63, 3.8) is 0 Å². The topological polar surface area (TPSA) is 52.6 Å². The highest BCUT2D eigenvalue weighted by Crippen LogP contribution is 2.40. The third kappa shape index (κ3) is 2.69. The van der Waals surface area contributed by atoms with Crippen molar-refractivity contribution in [3.05, 3.63) is 35.9 Å². The third-order valence-corrected chi connectivity index (χ3v) is 3.92. The van der Waals surface area contributed by atoms with E-state index < -0.39 is 17.9 Å². The molecule has 0 amide bonds. The van der Waals surface area contributed by atoms with Crippen LogP contribution in [0.3, 0.4) is 0 Å². The summed E-state index contributed by atoms with van der Waals surface area (Å²) in [6.07, 6.45) is 0. The van der Waals surface area contributed by atoms with Crippen molar-refractivity contribution >= 4 is 11.9 Å². The molecule has 0 saturated carbocycles. The molecule has 0 unspecified atom stereocenters. The third-order valence-electron chi connectivity index (χ3n) is 3.92. The van der Waals surface area contributed by atoms with Crippen molar-refractivity contribution in [2.24, 2.45) is 17.8 Å². The average Bonchev–Trinajstić information content (AvgIpc) is 2.81. The molecule has 2 rings (SSSR count). The van der Waals surface area contributed by atoms with Crippen LogP contribution in [0.25, 0.3) is 0 Å². The molecular weight excluding hydrogens is 256 g/mol. The van der Waals surface area contributed by atoms with Gasteiger partial charge in [-0.3, -0.25) is 9.59 Å². The molecule has 0 aromatic heterocycles. The zero-order valence-corrected chi connectivity index (χ0v) is 12.0. The van der Waals surface area contributed by atoms with Crippen molar-refractivity contribution in [1.82, 2.24) is 0 Å². The fourth-order valence-electron chi connectivity index (χ4n) is 3.05. The fraction of sp³-hybridized carbons (Fsp3) is 0.500. The Hall–Kier alpha value is -1.84. The molecule has 1 saturated heterocycles. The summed E-state index contributed by atoms with van der Waals surface area (Å²) in [5.74, 6) is -1.57. The molecule has 0 radical (unpaired) electrons. The molecule has 0 bridgehead atoms. The van der Waals surface area contributed by atoms with Crippen LogP contribution in [0, 0.1) is 17.8 Å². The smallest absolute Gasteiger partial charge is 0.320 e. The molecule has 1 aliphatic heterocycles. The first kappa shape index (κ1) is 14.6. The Labute approximate surface area is 119 Å². The monoisotopic (exact) mass is 276 g/mol. The predicted molar refractivity (Wildman–Crippen MR) is 74.0 cm³/mol. The summed E-state index contributed by atoms with van der Waals surface area (Å²) in [7, 11) is 1.30. The minimum atomic E-state index is -0.812. The standard InChI is InChI=1S/C16H20O4/c1-10(2)13(11-7-5-4-6-8-11)12-9-20-16(18)14(12)15(17)19-3/h4-8,10,12-14H,9H2,1-3H3/t12-,13+,14+/m1/s1. The summed E-state index contributed by atoms with van der Waals surface area (Å²) >= 11 is 0. The maximum Gasteiger partial charge on any atom is 0.320 e. The maximum atomic E-state index is 11.9. The number of esters is 2. The number of ether oxygens (including phenoxy) is 2. The van der Waals surface area contributed by atoms with Gasteiger partial charge in [-0.25, -0.2) is 0 Å². The summed E-state index contributed by atoms with van der Waals surface area (Å²) in [5, 5.41) is 0. The van der Waals surface area contributed by atoms with Gasteiger partial charge < -0.3 is 9.47 Å². The minimum Gasteiger partial charge on any atom is -0.468 e. The highest BCUT2D eigenvalue weighted by atomic mass is 16.6. The van der Waals surface area contributed by atoms with Crippen molar-refractivity contribution in [1.29, 1.82) is 0 Å². The van der Waals surface area contributed by atoms with E-state index in [-0.39, 0.29) is 18.4 Å². The van der Waals surface area contributed by atoms with Crippen LogP contribution in [0.1, 0.15) is 25.3 Å². The molecule has 0 N–H and O–H groups in total. The van der Waals surface area contributed by atoms with E-state index in [4.69, 9.17) is 9.47 Å². The summed E-state index contributed by atoms with van der Waals surface area (Å²) in [4.78, 5) is 23.7. The number of hydrogen-bond acceptors (Lipinski definition) is 4. The number of carbonyl (C=O) groups is 2. The van der Waals surface area contributed by atoms with E-state index in [0.29, 0.717) is 5.92 Å². The van der Waals surface area contributed by atoms with Gasteiger partial charge in [-0.05, 0) is 17.4 Å². The Morgan fingerprint density at radius 3 is 2.50 bits per heavy atom. The number of hydrogen-bond donors (Lipinski definition) is 0. The highest BCUT2D eigenvalue weighted by molar-refractivity contribution is 5.96. The van der Waals surface area contributed by atoms with Gasteiger partial charge in [-0.2, -0.15) is 0 Å². The Bertz CT molecular complexity index is 481. The van der Waals surface area contributed by atoms with Gasteiger partial charge in [-0.15, -0.1) is 0 Å². The molecule has 1 aromatic rings. The van der Waals surface area contributed by atoms with Gasteiger partial charge in [0.25, 0.3) is 0 Å². The largest absolute Gasteiger partial charge is 0.468 e. The highest BCUT2D eigenvalue weighted by Gasteiger charge is 2.47. The quantitative estimate of drug-likeness (QED) is 0.626. The van der Waals surface area contributed by atoms with E-state index in [1.54, 1.807) is 0 Å². The van der Waals surface area contributed by atoms with Gasteiger partial charge in [0.05, 0.1) is 13.7 Å². The van der Waals surface area contributed by atoms with Gasteiger partial charge >= 0.3 is 11.9 Å². The molecule has 4 nitrogen and oxygen atoms in total. The van der Waals surface area contributed by atoms with Crippen LogP contribution in [-0.2, 0) is 19.1 Å². The zero-order valence-electron chi connectivity index (χ0n) is 12.0. The van der Waals surface area contributed by atoms with E-state index in [0.717, 1.165) is 5.56 Å². The predicted octanol–water partition coefficient (Wildman–Crippen LogP) is 2.39. The van der Waals surface area contributed by atoms with E-state index in [2.05, 4.69) is 13.8 Å². The molecular formula is C16H20O4. The lowest BCUT2D eigenvalue weighted by atomic mass is 9.74. The summed E-state index contributed by atoms with van der Waals surface area (Å²) < 4.78 is 9.87. The van der Waals surface area contributed by atoms with E-state index in [1.165, 1.54) is 7.11 Å². The van der Waals surface area contributed by atoms with E-state index in [9.17, 15) is 9.59 Å². The number of methoxy groups -OCH3 is 1. The molecule has 0 aliphatic carbocycles. The van der Waals surface area contributed by atoms with Gasteiger partial charge in [0.15, 0.2) is 5.92 Å². The number of benzene rings is 1. The Kier molecular flexibility index (Phi) is 4.42. The first-order valence-electron chi connectivity index (χ1n) is 6.85. The van der Waals surface area contributed by atoms with Crippen LogP contribution in [0.4, 0.5) is 0 Å². The SMILES string of the molecule is COC(=O)[C@H]1C(=O)OC[C@@H]1[C@H](c1ccccc1)C(C)C. The second-order valence-electron chi connectivity index (χ2n) is 5.48. The van der Waals surface area contributed by atoms with Gasteiger partial charge in [0.2, 0.25) is 0 Å². The first-order chi connectivity index (χ1) is 9.56. The number of rotatable bonds is 4. The van der Waals surface area contributed by atoms with Crippen molar-refractivity contribution in [2.75, 3.05) is 13.7 Å². The molecule has 1 heterocycles. The molecule has 108 valence electrons. The van der Waals surface area contributed by atoms with Crippen LogP contribution in [0.2, 0.25) is 0 Å². The lowest BCUT2D eigenvalue weighted by Gasteiger charge is -2.28. The van der Waals surface area contributed by atoms with Gasteiger partial charge in [-0.1, -0.05) is 44.2 Å². The second-order valence-corrected chi connectivity index (χ2v) is 5.48. The Morgan fingerprint density at radius 2 is 1.95 bits per heavy atom. The fourth-order valence-corrected chi connectivity index (χ4v) is 3.05. The second kappa shape index (κ2) is 6.07. The Balaban J connectivity index is 2.34. The van der Waals surface area contributed by atoms with E-state index >= 15 is 0 Å². The van der Waals surface area contributed by atoms with E-state index in [1.807, 2.05) is 30.3 Å². The van der Waals surface area contributed by atoms with Crippen LogP contribution in [0.15, 0.2) is 30.3 Å². The molecule has 4 heteroatoms. The average molecular weight is 276 g/mol. The lowest BCUT2D eigenvalue weighted by Crippen LogP contribution is -2.32. The van der Waals surface area contributed by atoms with Crippen LogP contribution in [0.5, 0.6) is 0 Å². The van der Waals surface area contributed by atoms with Gasteiger partial charge in [0.1, 0.15) is 0 Å². The van der Waals surface area contributed by atoms with Gasteiger partial charge in [0, 0.05) is 5.92 Å². The first-order valence-corrected chi connectivity index (χ1v) is 6.85. The van der Waals surface area contributed by atoms with Crippen LogP contribution >= 0.6 is 0 Å². The summed E-state index contributed by atoms with van der Waals surface area (Å²) in [6.45, 7) is 4.46. The number of cyclic esters (lactones) is 1. The minimum absolute atomic E-state index is 0.0896. The maximum absolute atomic E-state index is 11.9. The van der Waals surface area contributed by atoms with Crippen molar-refractivity contribution in [3.8, 4) is 0 Å². The molecule has 0 spiro atoms. The lowest BCUT2D eigenvalue weighted by molar-refractivity contribution is -0.154. The molecule has 3 atom stereocenters. The molecule has 1 aliphatic rings. The normalized spacial score (nSPS) is 23.5. The summed E-state index contributed by atoms with van der Waals surface area (Å²) in [5.41, 5.74) is 1.12. The molecule has 1 fully saturated rings. The van der Waals surface area contributed by atoms with Crippen molar-refractivity contribution in [2.45, 2.75) is 19.8 Å². The zero-order chi connectivity index (χ0) is 14.7. The van der Waals surface area contributed by atoms with Crippen LogP contribution in [-0.4, -0.2) is 25.7 Å². The van der Waals surface area contributed by atoms with Crippen LogP contribution < -0.4 is 0 Å². The summed E-state index contributed by atoms with van der Waals surface area (Å²) in [6, 6.07) is 9.95.